The highest BCUT2D eigenvalue weighted by Gasteiger charge is 2.07. The Bertz CT molecular complexity index is 931. The predicted molar refractivity (Wildman–Crippen MR) is 100 cm³/mol. The van der Waals surface area contributed by atoms with E-state index in [9.17, 15) is 4.79 Å². The molecular weight excluding hydrogens is 316 g/mol. The summed E-state index contributed by atoms with van der Waals surface area (Å²) in [5.74, 6) is 0.562. The molecule has 5 nitrogen and oxygen atoms in total. The van der Waals surface area contributed by atoms with Crippen LogP contribution in [0.3, 0.4) is 0 Å². The number of hydrogen-bond donors (Lipinski definition) is 0. The minimum Gasteiger partial charge on any atom is -0.456 e. The molecule has 0 aliphatic rings. The third-order valence-corrected chi connectivity index (χ3v) is 3.72. The van der Waals surface area contributed by atoms with Gasteiger partial charge in [0, 0.05) is 18.2 Å². The van der Waals surface area contributed by atoms with Crippen molar-refractivity contribution in [3.8, 4) is 11.3 Å². The number of oxime groups is 1. The molecule has 0 N–H and O–H groups in total. The zero-order valence-corrected chi connectivity index (χ0v) is 14.3. The number of benzene rings is 2. The largest absolute Gasteiger partial charge is 0.456 e. The van der Waals surface area contributed by atoms with E-state index in [0.29, 0.717) is 23.3 Å². The number of hydrogen-bond acceptors (Lipinski definition) is 5. The van der Waals surface area contributed by atoms with Crippen molar-refractivity contribution in [2.24, 2.45) is 5.16 Å². The molecule has 0 spiro atoms. The second-order valence-electron chi connectivity index (χ2n) is 5.97. The lowest BCUT2D eigenvalue weighted by molar-refractivity contribution is 0.127. The fourth-order valence-electron chi connectivity index (χ4n) is 2.37. The molecule has 128 valence electrons. The quantitative estimate of drug-likeness (QED) is 0.393. The molecule has 1 aromatic heterocycles. The second kappa shape index (κ2) is 7.77. The smallest absolute Gasteiger partial charge is 0.193 e. The summed E-state index contributed by atoms with van der Waals surface area (Å²) in [4.78, 5) is 19.6. The summed E-state index contributed by atoms with van der Waals surface area (Å²) in [6.07, 6.45) is 1.60. The van der Waals surface area contributed by atoms with Gasteiger partial charge in [0.15, 0.2) is 5.43 Å². The third-order valence-electron chi connectivity index (χ3n) is 3.72. The Balaban J connectivity index is 1.83. The van der Waals surface area contributed by atoms with Crippen molar-refractivity contribution >= 4 is 17.2 Å². The van der Waals surface area contributed by atoms with Gasteiger partial charge in [-0.25, -0.2) is 0 Å². The first kappa shape index (κ1) is 16.9. The summed E-state index contributed by atoms with van der Waals surface area (Å²) >= 11 is 0. The molecule has 1 heterocycles. The lowest BCUT2D eigenvalue weighted by atomic mass is 10.1. The molecule has 0 saturated carbocycles. The maximum atomic E-state index is 12.4. The average Bonchev–Trinajstić information content (AvgIpc) is 2.62. The molecule has 0 unspecified atom stereocenters. The van der Waals surface area contributed by atoms with Gasteiger partial charge in [-0.2, -0.15) is 0 Å². The van der Waals surface area contributed by atoms with Crippen molar-refractivity contribution in [3.05, 3.63) is 70.4 Å². The molecule has 0 radical (unpaired) electrons. The summed E-state index contributed by atoms with van der Waals surface area (Å²) in [6.45, 7) is 1.31. The van der Waals surface area contributed by atoms with E-state index in [1.54, 1.807) is 18.3 Å². The van der Waals surface area contributed by atoms with Crippen LogP contribution in [0.2, 0.25) is 0 Å². The molecule has 0 saturated heterocycles. The van der Waals surface area contributed by atoms with Crippen LogP contribution in [0.1, 0.15) is 5.56 Å². The van der Waals surface area contributed by atoms with Gasteiger partial charge in [0.05, 0.1) is 11.6 Å². The third kappa shape index (κ3) is 4.33. The summed E-state index contributed by atoms with van der Waals surface area (Å²) < 4.78 is 5.87. The maximum Gasteiger partial charge on any atom is 0.193 e. The van der Waals surface area contributed by atoms with Crippen LogP contribution in [0.25, 0.3) is 22.3 Å². The zero-order chi connectivity index (χ0) is 17.6. The van der Waals surface area contributed by atoms with Crippen LogP contribution in [0, 0.1) is 0 Å². The molecule has 3 aromatic rings. The lowest BCUT2D eigenvalue weighted by Crippen LogP contribution is -2.16. The van der Waals surface area contributed by atoms with Gasteiger partial charge in [-0.15, -0.1) is 0 Å². The monoisotopic (exact) mass is 336 g/mol. The van der Waals surface area contributed by atoms with E-state index in [2.05, 4.69) is 5.16 Å². The van der Waals surface area contributed by atoms with E-state index in [4.69, 9.17) is 9.25 Å². The number of fused-ring (bicyclic) bond motifs is 1. The van der Waals surface area contributed by atoms with Gasteiger partial charge >= 0.3 is 0 Å². The van der Waals surface area contributed by atoms with Crippen molar-refractivity contribution in [2.75, 3.05) is 27.2 Å². The Labute approximate surface area is 146 Å². The van der Waals surface area contributed by atoms with E-state index >= 15 is 0 Å². The second-order valence-corrected chi connectivity index (χ2v) is 5.97. The molecule has 0 amide bonds. The highest BCUT2D eigenvalue weighted by atomic mass is 16.6. The van der Waals surface area contributed by atoms with Gasteiger partial charge in [0.1, 0.15) is 18.0 Å². The van der Waals surface area contributed by atoms with Crippen LogP contribution in [0.4, 0.5) is 0 Å². The summed E-state index contributed by atoms with van der Waals surface area (Å²) in [6, 6.07) is 16.5. The van der Waals surface area contributed by atoms with Crippen molar-refractivity contribution < 1.29 is 9.25 Å². The molecule has 0 aliphatic heterocycles. The van der Waals surface area contributed by atoms with Gasteiger partial charge < -0.3 is 14.2 Å². The molecule has 5 heteroatoms. The average molecular weight is 336 g/mol. The first-order valence-electron chi connectivity index (χ1n) is 8.07. The van der Waals surface area contributed by atoms with E-state index in [-0.39, 0.29) is 5.43 Å². The Morgan fingerprint density at radius 2 is 1.92 bits per heavy atom. The Hall–Kier alpha value is -2.92. The van der Waals surface area contributed by atoms with E-state index in [1.807, 2.05) is 55.4 Å². The number of rotatable bonds is 6. The van der Waals surface area contributed by atoms with Crippen molar-refractivity contribution in [1.29, 1.82) is 0 Å². The van der Waals surface area contributed by atoms with Crippen molar-refractivity contribution in [1.82, 2.24) is 4.90 Å². The van der Waals surface area contributed by atoms with Crippen LogP contribution < -0.4 is 5.43 Å². The van der Waals surface area contributed by atoms with Crippen molar-refractivity contribution in [2.45, 2.75) is 0 Å². The van der Waals surface area contributed by atoms with E-state index in [1.165, 1.54) is 6.07 Å². The van der Waals surface area contributed by atoms with Gasteiger partial charge in [-0.05, 0) is 37.9 Å². The van der Waals surface area contributed by atoms with Crippen molar-refractivity contribution in [3.63, 3.8) is 0 Å². The molecular formula is C20H20N2O3. The fourth-order valence-corrected chi connectivity index (χ4v) is 2.37. The highest BCUT2D eigenvalue weighted by molar-refractivity contribution is 5.88. The molecule has 0 bridgehead atoms. The van der Waals surface area contributed by atoms with Crippen LogP contribution in [0.15, 0.2) is 69.0 Å². The molecule has 25 heavy (non-hydrogen) atoms. The SMILES string of the molecule is CN(C)CCO/N=C/c1ccc2oc(-c3ccccc3)cc(=O)c2c1. The summed E-state index contributed by atoms with van der Waals surface area (Å²) in [5.41, 5.74) is 2.14. The van der Waals surface area contributed by atoms with Gasteiger partial charge in [-0.1, -0.05) is 35.5 Å². The Kier molecular flexibility index (Phi) is 5.26. The summed E-state index contributed by atoms with van der Waals surface area (Å²) in [5, 5.41) is 4.46. The van der Waals surface area contributed by atoms with Gasteiger partial charge in [-0.3, -0.25) is 4.79 Å². The topological polar surface area (TPSA) is 55.0 Å². The summed E-state index contributed by atoms with van der Waals surface area (Å²) in [7, 11) is 3.94. The number of likely N-dealkylation sites (N-methyl/N-ethyl adjacent to an activating group) is 1. The minimum absolute atomic E-state index is 0.0797. The van der Waals surface area contributed by atoms with Crippen LogP contribution >= 0.6 is 0 Å². The Morgan fingerprint density at radius 1 is 1.12 bits per heavy atom. The van der Waals surface area contributed by atoms with Gasteiger partial charge in [0.25, 0.3) is 0 Å². The first-order chi connectivity index (χ1) is 12.1. The van der Waals surface area contributed by atoms with Crippen LogP contribution in [0.5, 0.6) is 0 Å². The lowest BCUT2D eigenvalue weighted by Gasteiger charge is -2.07. The normalized spacial score (nSPS) is 11.5. The fraction of sp³-hybridized carbons (Fsp3) is 0.200. The molecule has 2 aromatic carbocycles. The van der Waals surface area contributed by atoms with Gasteiger partial charge in [0.2, 0.25) is 0 Å². The molecule has 0 atom stereocenters. The van der Waals surface area contributed by atoms with Crippen LogP contribution in [-0.4, -0.2) is 38.4 Å². The predicted octanol–water partition coefficient (Wildman–Crippen LogP) is 3.37. The molecule has 0 fully saturated rings. The standard InChI is InChI=1S/C20H20N2O3/c1-22(2)10-11-24-21-14-15-8-9-19-17(12-15)18(23)13-20(25-19)16-6-4-3-5-7-16/h3-9,12-14H,10-11H2,1-2H3/b21-14+. The number of nitrogens with zero attached hydrogens (tertiary/aromatic N) is 2. The molecule has 3 rings (SSSR count). The Morgan fingerprint density at radius 3 is 2.68 bits per heavy atom. The van der Waals surface area contributed by atoms with Crippen LogP contribution in [-0.2, 0) is 4.84 Å². The first-order valence-corrected chi connectivity index (χ1v) is 8.07. The van der Waals surface area contributed by atoms with E-state index in [0.717, 1.165) is 17.7 Å². The zero-order valence-electron chi connectivity index (χ0n) is 14.3. The molecule has 0 aliphatic carbocycles. The van der Waals surface area contributed by atoms with E-state index < -0.39 is 0 Å². The maximum absolute atomic E-state index is 12.4. The minimum atomic E-state index is -0.0797. The highest BCUT2D eigenvalue weighted by Crippen LogP contribution is 2.22.